The summed E-state index contributed by atoms with van der Waals surface area (Å²) in [5, 5.41) is 2.61. The molecule has 1 aliphatic heterocycles. The summed E-state index contributed by atoms with van der Waals surface area (Å²) in [6, 6.07) is 4.68. The summed E-state index contributed by atoms with van der Waals surface area (Å²) in [6.07, 6.45) is 2.33. The number of halogens is 2. The summed E-state index contributed by atoms with van der Waals surface area (Å²) in [5.74, 6) is -0.486. The molecule has 0 aromatic heterocycles. The highest BCUT2D eigenvalue weighted by atomic mass is 19.3. The number of alkyl halides is 2. The first-order valence-corrected chi connectivity index (χ1v) is 8.06. The van der Waals surface area contributed by atoms with Crippen LogP contribution in [0.4, 0.5) is 14.5 Å². The van der Waals surface area contributed by atoms with Crippen molar-refractivity contribution in [2.75, 3.05) is 18.5 Å². The van der Waals surface area contributed by atoms with Gasteiger partial charge in [-0.2, -0.15) is 8.78 Å². The van der Waals surface area contributed by atoms with Crippen LogP contribution in [0.25, 0.3) is 0 Å². The lowest BCUT2D eigenvalue weighted by atomic mass is 10.1. The van der Waals surface area contributed by atoms with Crippen LogP contribution in [0.1, 0.15) is 31.7 Å². The van der Waals surface area contributed by atoms with Crippen molar-refractivity contribution >= 4 is 11.6 Å². The fourth-order valence-corrected chi connectivity index (χ4v) is 2.49. The van der Waals surface area contributed by atoms with E-state index in [1.165, 1.54) is 6.07 Å². The average Bonchev–Trinajstić information content (AvgIpc) is 2.56. The molecule has 1 amide bonds. The van der Waals surface area contributed by atoms with Crippen LogP contribution in [0.5, 0.6) is 5.75 Å². The average molecular weight is 343 g/mol. The number of benzene rings is 1. The number of para-hydroxylation sites is 1. The lowest BCUT2D eigenvalue weighted by Gasteiger charge is -2.24. The van der Waals surface area contributed by atoms with Crippen LogP contribution in [0.15, 0.2) is 18.2 Å². The monoisotopic (exact) mass is 343 g/mol. The molecule has 0 radical (unpaired) electrons. The Kier molecular flexibility index (Phi) is 6.93. The summed E-state index contributed by atoms with van der Waals surface area (Å²) in [5.41, 5.74) is 0.858. The van der Waals surface area contributed by atoms with Crippen molar-refractivity contribution in [3.63, 3.8) is 0 Å². The zero-order valence-corrected chi connectivity index (χ0v) is 13.9. The highest BCUT2D eigenvalue weighted by Gasteiger charge is 2.21. The van der Waals surface area contributed by atoms with Crippen molar-refractivity contribution in [3.8, 4) is 5.75 Å². The molecule has 0 bridgehead atoms. The Bertz CT molecular complexity index is 547. The maximum absolute atomic E-state index is 12.5. The molecule has 5 nitrogen and oxygen atoms in total. The molecule has 0 aliphatic carbocycles. The van der Waals surface area contributed by atoms with E-state index in [4.69, 9.17) is 9.47 Å². The van der Waals surface area contributed by atoms with Gasteiger partial charge < -0.3 is 19.5 Å². The Morgan fingerprint density at radius 2 is 2.21 bits per heavy atom. The molecule has 1 aromatic rings. The van der Waals surface area contributed by atoms with Crippen molar-refractivity contribution in [2.45, 2.75) is 51.9 Å². The van der Waals surface area contributed by atoms with Gasteiger partial charge in [-0.25, -0.2) is 0 Å². The number of hydrogen-bond donors (Lipinski definition) is 1. The van der Waals surface area contributed by atoms with Crippen LogP contribution in [0, 0.1) is 6.92 Å². The van der Waals surface area contributed by atoms with Crippen LogP contribution < -0.4 is 10.1 Å². The van der Waals surface area contributed by atoms with E-state index in [2.05, 4.69) is 10.1 Å². The van der Waals surface area contributed by atoms with Gasteiger partial charge in [0, 0.05) is 6.61 Å². The van der Waals surface area contributed by atoms with Gasteiger partial charge in [0.05, 0.1) is 18.4 Å². The predicted molar refractivity (Wildman–Crippen MR) is 85.4 cm³/mol. The molecule has 134 valence electrons. The highest BCUT2D eigenvalue weighted by molar-refractivity contribution is 5.96. The van der Waals surface area contributed by atoms with Crippen LogP contribution in [0.3, 0.4) is 0 Å². The van der Waals surface area contributed by atoms with Crippen LogP contribution >= 0.6 is 0 Å². The fourth-order valence-electron chi connectivity index (χ4n) is 2.49. The van der Waals surface area contributed by atoms with Crippen molar-refractivity contribution in [1.29, 1.82) is 0 Å². The summed E-state index contributed by atoms with van der Waals surface area (Å²) >= 11 is 0. The Labute approximate surface area is 140 Å². The second-order valence-electron chi connectivity index (χ2n) is 5.78. The molecule has 1 aliphatic rings. The predicted octanol–water partition coefficient (Wildman–Crippen LogP) is 3.51. The smallest absolute Gasteiger partial charge is 0.387 e. The maximum Gasteiger partial charge on any atom is 0.387 e. The van der Waals surface area contributed by atoms with Crippen LogP contribution in [-0.4, -0.2) is 37.9 Å². The second-order valence-corrected chi connectivity index (χ2v) is 5.78. The molecule has 1 fully saturated rings. The number of anilines is 1. The lowest BCUT2D eigenvalue weighted by Crippen LogP contribution is -2.33. The van der Waals surface area contributed by atoms with E-state index in [-0.39, 0.29) is 17.5 Å². The van der Waals surface area contributed by atoms with E-state index in [9.17, 15) is 13.6 Å². The van der Waals surface area contributed by atoms with Crippen LogP contribution in [-0.2, 0) is 14.3 Å². The first kappa shape index (κ1) is 18.6. The standard InChI is InChI=1S/C17H23F2NO4/c1-11-6-5-8-14(24-17(18)19)15(11)20-16(21)12(2)23-10-13-7-3-4-9-22-13/h5-6,8,12-13,17H,3-4,7,9-10H2,1-2H3,(H,20,21)/t12-,13-/m0/s1. The van der Waals surface area contributed by atoms with Gasteiger partial charge in [0.25, 0.3) is 5.91 Å². The molecule has 1 heterocycles. The molecule has 7 heteroatoms. The van der Waals surface area contributed by atoms with Gasteiger partial charge >= 0.3 is 6.61 Å². The third-order valence-electron chi connectivity index (χ3n) is 3.87. The molecule has 0 spiro atoms. The van der Waals surface area contributed by atoms with Crippen molar-refractivity contribution in [3.05, 3.63) is 23.8 Å². The van der Waals surface area contributed by atoms with Crippen molar-refractivity contribution < 1.29 is 27.8 Å². The first-order chi connectivity index (χ1) is 11.5. The third kappa shape index (κ3) is 5.42. The van der Waals surface area contributed by atoms with Gasteiger partial charge in [0.1, 0.15) is 11.9 Å². The van der Waals surface area contributed by atoms with Crippen molar-refractivity contribution in [2.24, 2.45) is 0 Å². The summed E-state index contributed by atoms with van der Waals surface area (Å²) in [6.45, 7) is 1.41. The Morgan fingerprint density at radius 1 is 1.42 bits per heavy atom. The van der Waals surface area contributed by atoms with E-state index in [0.717, 1.165) is 19.3 Å². The molecule has 2 rings (SSSR count). The Hall–Kier alpha value is -1.73. The van der Waals surface area contributed by atoms with E-state index in [1.807, 2.05) is 0 Å². The van der Waals surface area contributed by atoms with Gasteiger partial charge in [0.15, 0.2) is 0 Å². The number of amides is 1. The zero-order valence-electron chi connectivity index (χ0n) is 13.9. The molecule has 2 atom stereocenters. The SMILES string of the molecule is Cc1cccc(OC(F)F)c1NC(=O)[C@H](C)OC[C@@H]1CCCCO1. The molecular formula is C17H23F2NO4. The molecule has 1 N–H and O–H groups in total. The molecule has 1 aromatic carbocycles. The Balaban J connectivity index is 1.93. The maximum atomic E-state index is 12.5. The second kappa shape index (κ2) is 8.94. The zero-order chi connectivity index (χ0) is 17.5. The van der Waals surface area contributed by atoms with Gasteiger partial charge in [0.2, 0.25) is 0 Å². The van der Waals surface area contributed by atoms with Gasteiger partial charge in [-0.3, -0.25) is 4.79 Å². The number of nitrogens with one attached hydrogen (secondary N) is 1. The highest BCUT2D eigenvalue weighted by Crippen LogP contribution is 2.29. The topological polar surface area (TPSA) is 56.8 Å². The molecule has 0 saturated carbocycles. The summed E-state index contributed by atoms with van der Waals surface area (Å²) < 4.78 is 40.5. The minimum Gasteiger partial charge on any atom is -0.433 e. The van der Waals surface area contributed by atoms with Gasteiger partial charge in [-0.05, 0) is 44.7 Å². The molecule has 1 saturated heterocycles. The normalized spacial score (nSPS) is 19.1. The first-order valence-electron chi connectivity index (χ1n) is 8.06. The minimum atomic E-state index is -2.96. The largest absolute Gasteiger partial charge is 0.433 e. The number of hydrogen-bond acceptors (Lipinski definition) is 4. The number of ether oxygens (including phenoxy) is 3. The lowest BCUT2D eigenvalue weighted by molar-refractivity contribution is -0.130. The number of rotatable bonds is 7. The van der Waals surface area contributed by atoms with Crippen molar-refractivity contribution in [1.82, 2.24) is 0 Å². The van der Waals surface area contributed by atoms with Gasteiger partial charge in [-0.15, -0.1) is 0 Å². The Morgan fingerprint density at radius 3 is 2.88 bits per heavy atom. The summed E-state index contributed by atoms with van der Waals surface area (Å²) in [7, 11) is 0. The fraction of sp³-hybridized carbons (Fsp3) is 0.588. The van der Waals surface area contributed by atoms with Crippen LogP contribution in [0.2, 0.25) is 0 Å². The number of carbonyl (C=O) groups excluding carboxylic acids is 1. The van der Waals surface area contributed by atoms with E-state index < -0.39 is 18.6 Å². The molecule has 0 unspecified atom stereocenters. The van der Waals surface area contributed by atoms with Gasteiger partial charge in [-0.1, -0.05) is 12.1 Å². The molecule has 24 heavy (non-hydrogen) atoms. The number of carbonyl (C=O) groups is 1. The van der Waals surface area contributed by atoms with E-state index in [1.54, 1.807) is 26.0 Å². The molecular weight excluding hydrogens is 320 g/mol. The third-order valence-corrected chi connectivity index (χ3v) is 3.87. The quantitative estimate of drug-likeness (QED) is 0.823. The minimum absolute atomic E-state index is 0.00480. The van der Waals surface area contributed by atoms with E-state index in [0.29, 0.717) is 18.8 Å². The number of aryl methyl sites for hydroxylation is 1. The summed E-state index contributed by atoms with van der Waals surface area (Å²) in [4.78, 5) is 12.3. The van der Waals surface area contributed by atoms with E-state index >= 15 is 0 Å².